The number of aliphatic imine (C=N–C) groups is 1. The molecule has 0 saturated carbocycles. The lowest BCUT2D eigenvalue weighted by molar-refractivity contribution is 0.245. The Balaban J connectivity index is 0.00000300. The molecule has 0 radical (unpaired) electrons. The fourth-order valence-electron chi connectivity index (χ4n) is 3.57. The van der Waals surface area contributed by atoms with Crippen LogP contribution >= 0.6 is 24.0 Å². The van der Waals surface area contributed by atoms with E-state index in [1.165, 1.54) is 18.4 Å². The van der Waals surface area contributed by atoms with E-state index in [4.69, 9.17) is 4.74 Å². The summed E-state index contributed by atoms with van der Waals surface area (Å²) in [7, 11) is 1.81. The first-order valence-electron chi connectivity index (χ1n) is 10.1. The number of pyridine rings is 1. The Kier molecular flexibility index (Phi) is 10.2. The number of aromatic nitrogens is 1. The molecule has 0 aliphatic carbocycles. The van der Waals surface area contributed by atoms with Crippen molar-refractivity contribution in [2.24, 2.45) is 4.99 Å². The first-order chi connectivity index (χ1) is 13.8. The molecule has 1 fully saturated rings. The van der Waals surface area contributed by atoms with Crippen molar-refractivity contribution in [2.45, 2.75) is 32.4 Å². The topological polar surface area (TPSA) is 61.8 Å². The average Bonchev–Trinajstić information content (AvgIpc) is 3.26. The minimum Gasteiger partial charge on any atom is -0.478 e. The molecule has 0 amide bonds. The van der Waals surface area contributed by atoms with Gasteiger partial charge in [-0.3, -0.25) is 9.89 Å². The molecule has 29 heavy (non-hydrogen) atoms. The highest BCUT2D eigenvalue weighted by Crippen LogP contribution is 2.24. The maximum absolute atomic E-state index is 5.47. The standard InChI is InChI=1S/C22H31N5O.HI/c1-3-28-21-15-18(11-12-24-21)16-25-22(23-2)26-17-20(27-13-7-8-14-27)19-9-5-4-6-10-19;/h4-6,9-12,15,20H,3,7-8,13-14,16-17H2,1-2H3,(H2,23,25,26);1H. The Labute approximate surface area is 191 Å². The second kappa shape index (κ2) is 12.6. The number of hydrogen-bond acceptors (Lipinski definition) is 4. The number of rotatable bonds is 8. The van der Waals surface area contributed by atoms with Crippen LogP contribution in [0, 0.1) is 0 Å². The van der Waals surface area contributed by atoms with Crippen LogP contribution in [0.15, 0.2) is 53.7 Å². The second-order valence-electron chi connectivity index (χ2n) is 6.91. The molecular formula is C22H32IN5O. The van der Waals surface area contributed by atoms with E-state index in [2.05, 4.69) is 55.8 Å². The van der Waals surface area contributed by atoms with Gasteiger partial charge in [-0.05, 0) is 50.0 Å². The lowest BCUT2D eigenvalue weighted by atomic mass is 10.1. The highest BCUT2D eigenvalue weighted by atomic mass is 127. The minimum atomic E-state index is 0. The van der Waals surface area contributed by atoms with Crippen molar-refractivity contribution in [1.82, 2.24) is 20.5 Å². The predicted octanol–water partition coefficient (Wildman–Crippen LogP) is 3.60. The van der Waals surface area contributed by atoms with Crippen LogP contribution in [0.3, 0.4) is 0 Å². The first-order valence-corrected chi connectivity index (χ1v) is 10.1. The number of benzene rings is 1. The molecule has 1 aliphatic heterocycles. The summed E-state index contributed by atoms with van der Waals surface area (Å²) < 4.78 is 5.47. The van der Waals surface area contributed by atoms with Crippen molar-refractivity contribution in [3.8, 4) is 5.88 Å². The van der Waals surface area contributed by atoms with E-state index in [9.17, 15) is 0 Å². The molecule has 7 heteroatoms. The number of guanidine groups is 1. The van der Waals surface area contributed by atoms with Crippen molar-refractivity contribution in [2.75, 3.05) is 33.3 Å². The summed E-state index contributed by atoms with van der Waals surface area (Å²) in [6.07, 6.45) is 4.33. The summed E-state index contributed by atoms with van der Waals surface area (Å²) in [4.78, 5) is 11.2. The van der Waals surface area contributed by atoms with Crippen molar-refractivity contribution >= 4 is 29.9 Å². The summed E-state index contributed by atoms with van der Waals surface area (Å²) >= 11 is 0. The van der Waals surface area contributed by atoms with Gasteiger partial charge in [0.2, 0.25) is 5.88 Å². The van der Waals surface area contributed by atoms with Crippen LogP contribution in [-0.4, -0.2) is 49.1 Å². The second-order valence-corrected chi connectivity index (χ2v) is 6.91. The van der Waals surface area contributed by atoms with Gasteiger partial charge in [-0.1, -0.05) is 30.3 Å². The summed E-state index contributed by atoms with van der Waals surface area (Å²) in [6.45, 7) is 6.38. The van der Waals surface area contributed by atoms with Gasteiger partial charge in [0.05, 0.1) is 12.6 Å². The zero-order chi connectivity index (χ0) is 19.6. The highest BCUT2D eigenvalue weighted by molar-refractivity contribution is 14.0. The molecule has 0 spiro atoms. The lowest BCUT2D eigenvalue weighted by Gasteiger charge is -2.29. The third-order valence-electron chi connectivity index (χ3n) is 5.00. The Morgan fingerprint density at radius 2 is 1.93 bits per heavy atom. The summed E-state index contributed by atoms with van der Waals surface area (Å²) in [5, 5.41) is 6.89. The van der Waals surface area contributed by atoms with E-state index in [0.29, 0.717) is 25.1 Å². The Hall–Kier alpha value is -1.87. The molecule has 2 aromatic rings. The Morgan fingerprint density at radius 1 is 1.17 bits per heavy atom. The first kappa shape index (κ1) is 23.4. The number of hydrogen-bond donors (Lipinski definition) is 2. The molecule has 1 unspecified atom stereocenters. The molecule has 6 nitrogen and oxygen atoms in total. The van der Waals surface area contributed by atoms with Gasteiger partial charge in [-0.15, -0.1) is 24.0 Å². The van der Waals surface area contributed by atoms with E-state index in [1.54, 1.807) is 13.2 Å². The van der Waals surface area contributed by atoms with E-state index in [1.807, 2.05) is 19.1 Å². The summed E-state index contributed by atoms with van der Waals surface area (Å²) in [5.74, 6) is 1.46. The smallest absolute Gasteiger partial charge is 0.213 e. The SMILES string of the molecule is CCOc1cc(CNC(=NC)NCC(c2ccccc2)N2CCCC2)ccn1.I. The molecule has 1 aliphatic rings. The van der Waals surface area contributed by atoms with Gasteiger partial charge < -0.3 is 15.4 Å². The van der Waals surface area contributed by atoms with Crippen LogP contribution in [0.2, 0.25) is 0 Å². The van der Waals surface area contributed by atoms with Gasteiger partial charge in [-0.2, -0.15) is 0 Å². The molecule has 1 aromatic heterocycles. The quantitative estimate of drug-likeness (QED) is 0.324. The van der Waals surface area contributed by atoms with E-state index < -0.39 is 0 Å². The van der Waals surface area contributed by atoms with Crippen LogP contribution < -0.4 is 15.4 Å². The third-order valence-corrected chi connectivity index (χ3v) is 5.00. The predicted molar refractivity (Wildman–Crippen MR) is 129 cm³/mol. The van der Waals surface area contributed by atoms with Gasteiger partial charge in [0.1, 0.15) is 0 Å². The lowest BCUT2D eigenvalue weighted by Crippen LogP contribution is -2.42. The molecule has 3 rings (SSSR count). The van der Waals surface area contributed by atoms with Crippen molar-refractivity contribution in [3.63, 3.8) is 0 Å². The number of likely N-dealkylation sites (tertiary alicyclic amines) is 1. The highest BCUT2D eigenvalue weighted by Gasteiger charge is 2.23. The van der Waals surface area contributed by atoms with Crippen molar-refractivity contribution in [3.05, 3.63) is 59.8 Å². The normalized spacial score (nSPS) is 15.4. The van der Waals surface area contributed by atoms with Crippen LogP contribution in [0.25, 0.3) is 0 Å². The molecule has 1 aromatic carbocycles. The van der Waals surface area contributed by atoms with Crippen molar-refractivity contribution < 1.29 is 4.74 Å². The minimum absolute atomic E-state index is 0. The van der Waals surface area contributed by atoms with Gasteiger partial charge in [0.25, 0.3) is 0 Å². The van der Waals surface area contributed by atoms with Crippen LogP contribution in [0.5, 0.6) is 5.88 Å². The monoisotopic (exact) mass is 509 g/mol. The third kappa shape index (κ3) is 7.15. The number of nitrogens with one attached hydrogen (secondary N) is 2. The van der Waals surface area contributed by atoms with E-state index >= 15 is 0 Å². The van der Waals surface area contributed by atoms with Crippen LogP contribution in [0.4, 0.5) is 0 Å². The van der Waals surface area contributed by atoms with Crippen molar-refractivity contribution in [1.29, 1.82) is 0 Å². The average molecular weight is 509 g/mol. The molecule has 2 heterocycles. The van der Waals surface area contributed by atoms with Crippen LogP contribution in [-0.2, 0) is 6.54 Å². The zero-order valence-electron chi connectivity index (χ0n) is 17.3. The Bertz CT molecular complexity index is 750. The van der Waals surface area contributed by atoms with E-state index in [-0.39, 0.29) is 24.0 Å². The fourth-order valence-corrected chi connectivity index (χ4v) is 3.57. The zero-order valence-corrected chi connectivity index (χ0v) is 19.6. The molecule has 1 saturated heterocycles. The largest absolute Gasteiger partial charge is 0.478 e. The molecule has 0 bridgehead atoms. The Morgan fingerprint density at radius 3 is 2.62 bits per heavy atom. The maximum Gasteiger partial charge on any atom is 0.213 e. The van der Waals surface area contributed by atoms with Gasteiger partial charge >= 0.3 is 0 Å². The number of halogens is 1. The van der Waals surface area contributed by atoms with Crippen LogP contribution in [0.1, 0.15) is 36.9 Å². The van der Waals surface area contributed by atoms with E-state index in [0.717, 1.165) is 31.2 Å². The van der Waals surface area contributed by atoms with Gasteiger partial charge in [0, 0.05) is 32.4 Å². The molecule has 2 N–H and O–H groups in total. The fraction of sp³-hybridized carbons (Fsp3) is 0.455. The molecule has 158 valence electrons. The molecule has 1 atom stereocenters. The summed E-state index contributed by atoms with van der Waals surface area (Å²) in [6, 6.07) is 15.0. The van der Waals surface area contributed by atoms with Gasteiger partial charge in [-0.25, -0.2) is 4.98 Å². The number of nitrogens with zero attached hydrogens (tertiary/aromatic N) is 3. The maximum atomic E-state index is 5.47. The summed E-state index contributed by atoms with van der Waals surface area (Å²) in [5.41, 5.74) is 2.46. The van der Waals surface area contributed by atoms with Gasteiger partial charge in [0.15, 0.2) is 5.96 Å². The number of ether oxygens (including phenoxy) is 1. The molecular weight excluding hydrogens is 477 g/mol.